The van der Waals surface area contributed by atoms with E-state index in [4.69, 9.17) is 0 Å². The molecule has 0 saturated carbocycles. The molecule has 0 aliphatic rings. The van der Waals surface area contributed by atoms with Crippen LogP contribution < -0.4 is 0 Å². The number of benzene rings is 2. The van der Waals surface area contributed by atoms with Gasteiger partial charge in [0.15, 0.2) is 5.78 Å². The Morgan fingerprint density at radius 3 is 1.97 bits per heavy atom. The maximum atomic E-state index is 12.6. The summed E-state index contributed by atoms with van der Waals surface area (Å²) in [5.74, 6) is -0.388. The summed E-state index contributed by atoms with van der Waals surface area (Å²) in [6, 6.07) is 8.00. The topological polar surface area (TPSA) is 77.8 Å². The van der Waals surface area contributed by atoms with Gasteiger partial charge in [0.2, 0.25) is 0 Å². The van der Waals surface area contributed by atoms with Crippen molar-refractivity contribution in [2.24, 2.45) is 0 Å². The Morgan fingerprint density at radius 2 is 1.38 bits per heavy atom. The largest absolute Gasteiger partial charge is 0.508 e. The first-order chi connectivity index (χ1) is 13.7. The van der Waals surface area contributed by atoms with Crippen molar-refractivity contribution in [1.29, 1.82) is 0 Å². The minimum atomic E-state index is -0.361. The molecular weight excluding hydrogens is 916 g/mol. The van der Waals surface area contributed by atoms with Gasteiger partial charge in [-0.05, 0) is 82.0 Å². The quantitative estimate of drug-likeness (QED) is 0.189. The molecule has 32 heavy (non-hydrogen) atoms. The van der Waals surface area contributed by atoms with E-state index in [0.29, 0.717) is 18.4 Å². The van der Waals surface area contributed by atoms with Crippen LogP contribution in [0.2, 0.25) is 0 Å². The van der Waals surface area contributed by atoms with Crippen LogP contribution in [-0.2, 0) is 76.0 Å². The third kappa shape index (κ3) is 9.74. The number of carbonyl (C=O) groups is 1. The summed E-state index contributed by atoms with van der Waals surface area (Å²) < 4.78 is 0. The molecule has 0 fully saturated rings. The zero-order valence-corrected chi connectivity index (χ0v) is 27.4. The van der Waals surface area contributed by atoms with E-state index < -0.39 is 0 Å². The number of allylic oxidation sites excluding steroid dienone is 5. The van der Waals surface area contributed by atoms with Crippen LogP contribution in [0, 0.1) is 0 Å². The monoisotopic (exact) mass is 944 g/mol. The molecule has 0 heterocycles. The molecule has 0 atom stereocenters. The zero-order valence-electron chi connectivity index (χ0n) is 18.6. The number of hydrogen-bond donors (Lipinski definition) is 3. The SMILES string of the molecule is CC(C)=CCc1cc(/C=C/C(=O)c2ccc(O)c(CC=C(C)C)c2O)ccc1O.[W].[W].[W]. The molecule has 170 valence electrons. The first-order valence-electron chi connectivity index (χ1n) is 9.54. The summed E-state index contributed by atoms with van der Waals surface area (Å²) in [4.78, 5) is 12.6. The van der Waals surface area contributed by atoms with E-state index in [1.807, 2.05) is 45.9 Å². The van der Waals surface area contributed by atoms with Gasteiger partial charge in [0.1, 0.15) is 17.2 Å². The van der Waals surface area contributed by atoms with Gasteiger partial charge in [0, 0.05) is 68.8 Å². The molecule has 0 spiro atoms. The minimum Gasteiger partial charge on any atom is -0.508 e. The molecule has 2 aromatic rings. The average Bonchev–Trinajstić information content (AvgIpc) is 2.65. The summed E-state index contributed by atoms with van der Waals surface area (Å²) >= 11 is 0. The Bertz CT molecular complexity index is 1000. The van der Waals surface area contributed by atoms with E-state index >= 15 is 0 Å². The maximum absolute atomic E-state index is 12.6. The van der Waals surface area contributed by atoms with E-state index in [2.05, 4.69) is 0 Å². The van der Waals surface area contributed by atoms with Gasteiger partial charge >= 0.3 is 0 Å². The summed E-state index contributed by atoms with van der Waals surface area (Å²) in [6.07, 6.45) is 7.88. The minimum absolute atomic E-state index is 0. The summed E-state index contributed by atoms with van der Waals surface area (Å²) in [5.41, 5.74) is 4.23. The van der Waals surface area contributed by atoms with Crippen molar-refractivity contribution in [2.75, 3.05) is 0 Å². The summed E-state index contributed by atoms with van der Waals surface area (Å²) in [7, 11) is 0. The smallest absolute Gasteiger partial charge is 0.189 e. The molecule has 0 aromatic heterocycles. The van der Waals surface area contributed by atoms with Gasteiger partial charge in [0.05, 0.1) is 5.56 Å². The van der Waals surface area contributed by atoms with Gasteiger partial charge in [-0.3, -0.25) is 4.79 Å². The number of aromatic hydroxyl groups is 3. The summed E-state index contributed by atoms with van der Waals surface area (Å²) in [6.45, 7) is 7.84. The Morgan fingerprint density at radius 1 is 0.812 bits per heavy atom. The number of phenols is 3. The van der Waals surface area contributed by atoms with Crippen LogP contribution in [0.15, 0.2) is 59.7 Å². The van der Waals surface area contributed by atoms with Crippen molar-refractivity contribution in [3.8, 4) is 17.2 Å². The van der Waals surface area contributed by atoms with Gasteiger partial charge in [-0.15, -0.1) is 0 Å². The van der Waals surface area contributed by atoms with Crippen molar-refractivity contribution in [3.05, 3.63) is 82.0 Å². The fraction of sp³-hybridized carbons (Fsp3) is 0.240. The standard InChI is InChI=1S/C25H28O4.3W/c1-16(2)5-9-19-15-18(7-12-22(19)26)8-13-23(27)21-11-14-24(28)20(25(21)29)10-6-17(3)4;;;/h5-8,11-15,26,28-29H,9-10H2,1-4H3;;;/b13-8+;;;. The number of ketones is 1. The van der Waals surface area contributed by atoms with Crippen LogP contribution in [-0.4, -0.2) is 21.1 Å². The Hall–Kier alpha value is -1.21. The average molecular weight is 944 g/mol. The third-order valence-corrected chi connectivity index (χ3v) is 4.50. The van der Waals surface area contributed by atoms with Gasteiger partial charge in [-0.1, -0.05) is 35.4 Å². The molecule has 0 bridgehead atoms. The Kier molecular flexibility index (Phi) is 16.1. The predicted octanol–water partition coefficient (Wildman–Crippen LogP) is 5.71. The molecule has 0 aliphatic heterocycles. The molecule has 0 amide bonds. The van der Waals surface area contributed by atoms with Crippen molar-refractivity contribution in [1.82, 2.24) is 0 Å². The second-order valence-electron chi connectivity index (χ2n) is 7.52. The Labute approximate surface area is 233 Å². The zero-order chi connectivity index (χ0) is 21.6. The molecule has 2 rings (SSSR count). The third-order valence-electron chi connectivity index (χ3n) is 4.50. The van der Waals surface area contributed by atoms with Crippen LogP contribution >= 0.6 is 0 Å². The fourth-order valence-corrected chi connectivity index (χ4v) is 2.78. The van der Waals surface area contributed by atoms with E-state index in [9.17, 15) is 20.1 Å². The number of rotatable bonds is 7. The Balaban J connectivity index is 0. The van der Waals surface area contributed by atoms with Gasteiger partial charge in [0.25, 0.3) is 0 Å². The van der Waals surface area contributed by atoms with E-state index in [-0.39, 0.29) is 91.8 Å². The first kappa shape index (κ1) is 33.0. The van der Waals surface area contributed by atoms with E-state index in [0.717, 1.165) is 22.3 Å². The van der Waals surface area contributed by atoms with Crippen molar-refractivity contribution in [2.45, 2.75) is 40.5 Å². The number of phenolic OH excluding ortho intramolecular Hbond substituents is 3. The molecule has 0 radical (unpaired) electrons. The van der Waals surface area contributed by atoms with Crippen LogP contribution in [0.3, 0.4) is 0 Å². The van der Waals surface area contributed by atoms with Crippen molar-refractivity contribution in [3.63, 3.8) is 0 Å². The molecule has 7 heteroatoms. The molecule has 0 aliphatic carbocycles. The second kappa shape index (κ2) is 15.6. The van der Waals surface area contributed by atoms with Gasteiger partial charge in [-0.2, -0.15) is 0 Å². The van der Waals surface area contributed by atoms with Gasteiger partial charge in [-0.25, -0.2) is 0 Å². The molecule has 0 saturated heterocycles. The van der Waals surface area contributed by atoms with Gasteiger partial charge < -0.3 is 15.3 Å². The van der Waals surface area contributed by atoms with E-state index in [1.54, 1.807) is 18.2 Å². The van der Waals surface area contributed by atoms with Crippen LogP contribution in [0.25, 0.3) is 6.08 Å². The van der Waals surface area contributed by atoms with Crippen molar-refractivity contribution >= 4 is 11.9 Å². The molecule has 3 N–H and O–H groups in total. The van der Waals surface area contributed by atoms with E-state index in [1.165, 1.54) is 18.2 Å². The summed E-state index contributed by atoms with van der Waals surface area (Å²) in [5, 5.41) is 30.5. The van der Waals surface area contributed by atoms with Crippen LogP contribution in [0.4, 0.5) is 0 Å². The maximum Gasteiger partial charge on any atom is 0.189 e. The number of hydrogen-bond acceptors (Lipinski definition) is 4. The second-order valence-corrected chi connectivity index (χ2v) is 7.52. The van der Waals surface area contributed by atoms with Crippen LogP contribution in [0.5, 0.6) is 17.2 Å². The molecule has 0 unspecified atom stereocenters. The molecular formula is C25H28O4W3. The first-order valence-corrected chi connectivity index (χ1v) is 9.54. The van der Waals surface area contributed by atoms with Crippen LogP contribution in [0.1, 0.15) is 54.7 Å². The fourth-order valence-electron chi connectivity index (χ4n) is 2.78. The predicted molar refractivity (Wildman–Crippen MR) is 118 cm³/mol. The van der Waals surface area contributed by atoms with Crippen molar-refractivity contribution < 1.29 is 83.3 Å². The normalized spacial score (nSPS) is 9.75. The molecule has 4 nitrogen and oxygen atoms in total. The molecule has 2 aromatic carbocycles. The number of carbonyl (C=O) groups excluding carboxylic acids is 1.